The third kappa shape index (κ3) is 3.56. The van der Waals surface area contributed by atoms with Gasteiger partial charge in [0.25, 0.3) is 0 Å². The molecule has 1 aromatic heterocycles. The van der Waals surface area contributed by atoms with Crippen molar-refractivity contribution >= 4 is 5.91 Å². The van der Waals surface area contributed by atoms with Crippen LogP contribution in [0.25, 0.3) is 0 Å². The molecule has 1 unspecified atom stereocenters. The molecule has 1 rings (SSSR count). The molecule has 1 heterocycles. The summed E-state index contributed by atoms with van der Waals surface area (Å²) in [5, 5.41) is 11.7. The molecule has 0 aliphatic carbocycles. The molecule has 0 saturated heterocycles. The van der Waals surface area contributed by atoms with Crippen LogP contribution in [0.4, 0.5) is 0 Å². The predicted octanol–water partition coefficient (Wildman–Crippen LogP) is 1.68. The average molecular weight is 231 g/mol. The van der Waals surface area contributed by atoms with Crippen LogP contribution in [0.2, 0.25) is 0 Å². The highest BCUT2D eigenvalue weighted by molar-refractivity contribution is 5.84. The molecule has 4 nitrogen and oxygen atoms in total. The minimum atomic E-state index is -0.926. The van der Waals surface area contributed by atoms with Crippen molar-refractivity contribution in [3.63, 3.8) is 0 Å². The number of carbonyl (C=O) groups is 1. The Morgan fingerprint density at radius 2 is 2.35 bits per heavy atom. The van der Waals surface area contributed by atoms with Crippen molar-refractivity contribution in [3.05, 3.63) is 30.1 Å². The maximum atomic E-state index is 11.8. The van der Waals surface area contributed by atoms with Crippen molar-refractivity contribution in [2.45, 2.75) is 26.7 Å². The van der Waals surface area contributed by atoms with Crippen molar-refractivity contribution in [1.29, 1.82) is 5.26 Å². The van der Waals surface area contributed by atoms with Crippen LogP contribution in [0.3, 0.4) is 0 Å². The van der Waals surface area contributed by atoms with Gasteiger partial charge in [-0.15, -0.1) is 0 Å². The fourth-order valence-corrected chi connectivity index (χ4v) is 1.34. The summed E-state index contributed by atoms with van der Waals surface area (Å²) >= 11 is 0. The third-order valence-electron chi connectivity index (χ3n) is 2.85. The van der Waals surface area contributed by atoms with Gasteiger partial charge in [0, 0.05) is 24.9 Å². The lowest BCUT2D eigenvalue weighted by Crippen LogP contribution is -2.38. The monoisotopic (exact) mass is 231 g/mol. The number of hydrogen-bond acceptors (Lipinski definition) is 3. The van der Waals surface area contributed by atoms with E-state index in [0.29, 0.717) is 19.4 Å². The first-order chi connectivity index (χ1) is 8.12. The van der Waals surface area contributed by atoms with Crippen molar-refractivity contribution in [3.8, 4) is 6.07 Å². The van der Waals surface area contributed by atoms with Gasteiger partial charge in [-0.3, -0.25) is 9.78 Å². The summed E-state index contributed by atoms with van der Waals surface area (Å²) < 4.78 is 0. The first kappa shape index (κ1) is 13.2. The highest BCUT2D eigenvalue weighted by Gasteiger charge is 2.30. The highest BCUT2D eigenvalue weighted by atomic mass is 16.2. The van der Waals surface area contributed by atoms with Gasteiger partial charge in [-0.1, -0.05) is 13.0 Å². The van der Waals surface area contributed by atoms with E-state index in [4.69, 9.17) is 5.26 Å². The molecular formula is C13H17N3O. The topological polar surface area (TPSA) is 65.8 Å². The van der Waals surface area contributed by atoms with E-state index < -0.39 is 5.41 Å². The van der Waals surface area contributed by atoms with Gasteiger partial charge in [-0.25, -0.2) is 0 Å². The second-order valence-electron chi connectivity index (χ2n) is 4.12. The number of carbonyl (C=O) groups excluding carboxylic acids is 1. The van der Waals surface area contributed by atoms with E-state index >= 15 is 0 Å². The number of hydrogen-bond donors (Lipinski definition) is 1. The summed E-state index contributed by atoms with van der Waals surface area (Å²) in [4.78, 5) is 15.9. The van der Waals surface area contributed by atoms with Crippen LogP contribution in [0.5, 0.6) is 0 Å². The zero-order valence-corrected chi connectivity index (χ0v) is 10.2. The van der Waals surface area contributed by atoms with Gasteiger partial charge >= 0.3 is 0 Å². The summed E-state index contributed by atoms with van der Waals surface area (Å²) in [5.41, 5.74) is 0.00682. The van der Waals surface area contributed by atoms with Crippen LogP contribution in [-0.4, -0.2) is 17.4 Å². The fraction of sp³-hybridized carbons (Fsp3) is 0.462. The lowest BCUT2D eigenvalue weighted by molar-refractivity contribution is -0.127. The lowest BCUT2D eigenvalue weighted by Gasteiger charge is -2.18. The molecule has 90 valence electrons. The van der Waals surface area contributed by atoms with Gasteiger partial charge in [-0.05, 0) is 25.5 Å². The van der Waals surface area contributed by atoms with Gasteiger partial charge < -0.3 is 5.32 Å². The normalized spacial score (nSPS) is 13.5. The van der Waals surface area contributed by atoms with Gasteiger partial charge in [0.2, 0.25) is 5.91 Å². The summed E-state index contributed by atoms with van der Waals surface area (Å²) in [6.07, 6.45) is 2.92. The number of nitriles is 1. The molecule has 1 N–H and O–H groups in total. The van der Waals surface area contributed by atoms with E-state index in [1.807, 2.05) is 31.2 Å². The molecule has 4 heteroatoms. The van der Waals surface area contributed by atoms with Crippen molar-refractivity contribution < 1.29 is 4.79 Å². The van der Waals surface area contributed by atoms with Crippen molar-refractivity contribution in [2.75, 3.05) is 6.54 Å². The Balaban J connectivity index is 2.42. The second kappa shape index (κ2) is 6.00. The van der Waals surface area contributed by atoms with E-state index in [9.17, 15) is 4.79 Å². The number of rotatable bonds is 5. The fourth-order valence-electron chi connectivity index (χ4n) is 1.34. The maximum Gasteiger partial charge on any atom is 0.240 e. The number of aromatic nitrogens is 1. The lowest BCUT2D eigenvalue weighted by atomic mass is 9.88. The van der Waals surface area contributed by atoms with Gasteiger partial charge in [0.1, 0.15) is 5.41 Å². The SMILES string of the molecule is CCC(C)(C#N)C(=O)NCCc1ccccn1. The van der Waals surface area contributed by atoms with Crippen LogP contribution < -0.4 is 5.32 Å². The third-order valence-corrected chi connectivity index (χ3v) is 2.85. The minimum Gasteiger partial charge on any atom is -0.354 e. The van der Waals surface area contributed by atoms with Gasteiger partial charge in [0.05, 0.1) is 6.07 Å². The average Bonchev–Trinajstić information content (AvgIpc) is 2.39. The van der Waals surface area contributed by atoms with E-state index in [-0.39, 0.29) is 5.91 Å². The molecular weight excluding hydrogens is 214 g/mol. The van der Waals surface area contributed by atoms with Crippen LogP contribution >= 0.6 is 0 Å². The Morgan fingerprint density at radius 3 is 2.88 bits per heavy atom. The summed E-state index contributed by atoms with van der Waals surface area (Å²) in [7, 11) is 0. The van der Waals surface area contributed by atoms with Gasteiger partial charge in [-0.2, -0.15) is 5.26 Å². The Bertz CT molecular complexity index is 410. The zero-order valence-electron chi connectivity index (χ0n) is 10.2. The largest absolute Gasteiger partial charge is 0.354 e. The maximum absolute atomic E-state index is 11.8. The zero-order chi connectivity index (χ0) is 12.7. The minimum absolute atomic E-state index is 0.210. The first-order valence-corrected chi connectivity index (χ1v) is 5.72. The van der Waals surface area contributed by atoms with Crippen molar-refractivity contribution in [1.82, 2.24) is 10.3 Å². The molecule has 0 aromatic carbocycles. The number of pyridine rings is 1. The van der Waals surface area contributed by atoms with Crippen LogP contribution in [0, 0.1) is 16.7 Å². The van der Waals surface area contributed by atoms with Crippen LogP contribution in [0.15, 0.2) is 24.4 Å². The molecule has 17 heavy (non-hydrogen) atoms. The Morgan fingerprint density at radius 1 is 1.59 bits per heavy atom. The summed E-state index contributed by atoms with van der Waals surface area (Å²) in [5.74, 6) is -0.210. The van der Waals surface area contributed by atoms with Crippen molar-refractivity contribution in [2.24, 2.45) is 5.41 Å². The predicted molar refractivity (Wildman–Crippen MR) is 65.0 cm³/mol. The number of nitrogens with zero attached hydrogens (tertiary/aromatic N) is 2. The molecule has 1 aromatic rings. The van der Waals surface area contributed by atoms with Crippen LogP contribution in [-0.2, 0) is 11.2 Å². The van der Waals surface area contributed by atoms with E-state index in [0.717, 1.165) is 5.69 Å². The van der Waals surface area contributed by atoms with E-state index in [1.54, 1.807) is 13.1 Å². The summed E-state index contributed by atoms with van der Waals surface area (Å²) in [6.45, 7) is 4.00. The second-order valence-corrected chi connectivity index (χ2v) is 4.12. The molecule has 1 atom stereocenters. The molecule has 0 aliphatic heterocycles. The molecule has 0 bridgehead atoms. The smallest absolute Gasteiger partial charge is 0.240 e. The molecule has 0 aliphatic rings. The molecule has 0 fully saturated rings. The Kier molecular flexibility index (Phi) is 4.65. The standard InChI is InChI=1S/C13H17N3O/c1-3-13(2,10-14)12(17)16-9-7-11-6-4-5-8-15-11/h4-6,8H,3,7,9H2,1-2H3,(H,16,17). The number of nitrogens with one attached hydrogen (secondary N) is 1. The summed E-state index contributed by atoms with van der Waals surface area (Å²) in [6, 6.07) is 7.73. The molecule has 0 saturated carbocycles. The highest BCUT2D eigenvalue weighted by Crippen LogP contribution is 2.19. The van der Waals surface area contributed by atoms with E-state index in [1.165, 1.54) is 0 Å². The Labute approximate surface area is 102 Å². The van der Waals surface area contributed by atoms with Crippen LogP contribution in [0.1, 0.15) is 26.0 Å². The van der Waals surface area contributed by atoms with E-state index in [2.05, 4.69) is 10.3 Å². The quantitative estimate of drug-likeness (QED) is 0.838. The molecule has 0 spiro atoms. The van der Waals surface area contributed by atoms with Gasteiger partial charge in [0.15, 0.2) is 0 Å². The molecule has 1 amide bonds. The number of amides is 1. The molecule has 0 radical (unpaired) electrons. The first-order valence-electron chi connectivity index (χ1n) is 5.72. The Hall–Kier alpha value is -1.89.